The number of hydrogen-bond acceptors (Lipinski definition) is 4. The Morgan fingerprint density at radius 1 is 1.05 bits per heavy atom. The van der Waals surface area contributed by atoms with Gasteiger partial charge in [-0.3, -0.25) is 4.79 Å². The second-order valence-corrected chi connectivity index (χ2v) is 4.96. The van der Waals surface area contributed by atoms with Crippen molar-refractivity contribution in [2.24, 2.45) is 5.18 Å². The van der Waals surface area contributed by atoms with Crippen LogP contribution >= 0.6 is 0 Å². The van der Waals surface area contributed by atoms with E-state index in [4.69, 9.17) is 5.11 Å². The van der Waals surface area contributed by atoms with Crippen LogP contribution in [-0.4, -0.2) is 17.0 Å². The quantitative estimate of drug-likeness (QED) is 0.842. The molecule has 0 aliphatic heterocycles. The van der Waals surface area contributed by atoms with E-state index in [2.05, 4.69) is 10.5 Å². The Morgan fingerprint density at radius 2 is 1.68 bits per heavy atom. The molecule has 2 aromatic carbocycles. The first kappa shape index (κ1) is 15.4. The zero-order valence-electron chi connectivity index (χ0n) is 12.1. The standard InChI is InChI=1S/C16H14N2O4/c1-9-5-10(2)7-11(6-9)15(19)17-14-8-12(18-22)3-4-13(14)16(20)21/h3-8H,1-2H3,(H,17,19)(H,20,21). The SMILES string of the molecule is Cc1cc(C)cc(C(=O)Nc2cc(N=O)ccc2C(=O)O)c1. The Morgan fingerprint density at radius 3 is 2.23 bits per heavy atom. The van der Waals surface area contributed by atoms with Gasteiger partial charge in [-0.05, 0) is 49.4 Å². The summed E-state index contributed by atoms with van der Waals surface area (Å²) in [4.78, 5) is 34.0. The van der Waals surface area contributed by atoms with E-state index >= 15 is 0 Å². The fourth-order valence-corrected chi connectivity index (χ4v) is 2.18. The van der Waals surface area contributed by atoms with Gasteiger partial charge in [-0.1, -0.05) is 17.2 Å². The number of carboxylic acid groups (broad SMARTS) is 1. The molecule has 112 valence electrons. The fourth-order valence-electron chi connectivity index (χ4n) is 2.18. The Bertz CT molecular complexity index is 748. The van der Waals surface area contributed by atoms with Crippen molar-refractivity contribution in [3.05, 3.63) is 63.6 Å². The van der Waals surface area contributed by atoms with E-state index in [-0.39, 0.29) is 16.9 Å². The lowest BCUT2D eigenvalue weighted by Crippen LogP contribution is -2.15. The molecule has 0 heterocycles. The number of carbonyl (C=O) groups is 2. The summed E-state index contributed by atoms with van der Waals surface area (Å²) < 4.78 is 0. The summed E-state index contributed by atoms with van der Waals surface area (Å²) in [6, 6.07) is 9.07. The molecule has 2 rings (SSSR count). The molecule has 1 amide bonds. The molecule has 0 atom stereocenters. The Balaban J connectivity index is 2.38. The van der Waals surface area contributed by atoms with Crippen LogP contribution in [0.3, 0.4) is 0 Å². The normalized spacial score (nSPS) is 10.1. The summed E-state index contributed by atoms with van der Waals surface area (Å²) in [5, 5.41) is 14.4. The highest BCUT2D eigenvalue weighted by atomic mass is 16.4. The number of anilines is 1. The van der Waals surface area contributed by atoms with Gasteiger partial charge in [0.1, 0.15) is 5.69 Å². The number of aromatic carboxylic acids is 1. The lowest BCUT2D eigenvalue weighted by molar-refractivity contribution is 0.0698. The molecular formula is C16H14N2O4. The molecule has 0 unspecified atom stereocenters. The second-order valence-electron chi connectivity index (χ2n) is 4.96. The second kappa shape index (κ2) is 6.17. The van der Waals surface area contributed by atoms with Crippen LogP contribution in [0.15, 0.2) is 41.6 Å². The van der Waals surface area contributed by atoms with Crippen molar-refractivity contribution >= 4 is 23.3 Å². The van der Waals surface area contributed by atoms with Crippen molar-refractivity contribution in [1.82, 2.24) is 0 Å². The van der Waals surface area contributed by atoms with Gasteiger partial charge in [0.2, 0.25) is 0 Å². The van der Waals surface area contributed by atoms with E-state index in [1.807, 2.05) is 19.9 Å². The van der Waals surface area contributed by atoms with Crippen LogP contribution in [0.1, 0.15) is 31.8 Å². The third-order valence-corrected chi connectivity index (χ3v) is 3.07. The van der Waals surface area contributed by atoms with Crippen LogP contribution in [-0.2, 0) is 0 Å². The molecule has 22 heavy (non-hydrogen) atoms. The molecule has 6 heteroatoms. The Kier molecular flexibility index (Phi) is 4.31. The summed E-state index contributed by atoms with van der Waals surface area (Å²) >= 11 is 0. The number of carboxylic acids is 1. The van der Waals surface area contributed by atoms with Gasteiger partial charge >= 0.3 is 5.97 Å². The van der Waals surface area contributed by atoms with Gasteiger partial charge < -0.3 is 10.4 Å². The number of nitrogens with zero attached hydrogens (tertiary/aromatic N) is 1. The van der Waals surface area contributed by atoms with E-state index in [9.17, 15) is 14.5 Å². The van der Waals surface area contributed by atoms with Gasteiger partial charge in [0, 0.05) is 5.56 Å². The van der Waals surface area contributed by atoms with Gasteiger partial charge in [-0.15, -0.1) is 4.91 Å². The zero-order valence-corrected chi connectivity index (χ0v) is 12.1. The number of aryl methyl sites for hydroxylation is 2. The highest BCUT2D eigenvalue weighted by Gasteiger charge is 2.15. The summed E-state index contributed by atoms with van der Waals surface area (Å²) in [7, 11) is 0. The maximum atomic E-state index is 12.3. The highest BCUT2D eigenvalue weighted by Crippen LogP contribution is 2.24. The number of nitrogens with one attached hydrogen (secondary N) is 1. The van der Waals surface area contributed by atoms with Crippen molar-refractivity contribution in [2.45, 2.75) is 13.8 Å². The topological polar surface area (TPSA) is 95.8 Å². The first-order chi connectivity index (χ1) is 10.4. The number of nitroso groups, excluding NO2 is 1. The van der Waals surface area contributed by atoms with E-state index in [1.54, 1.807) is 12.1 Å². The first-order valence-electron chi connectivity index (χ1n) is 6.51. The van der Waals surface area contributed by atoms with Crippen LogP contribution in [0.5, 0.6) is 0 Å². The number of amides is 1. The molecule has 0 saturated carbocycles. The maximum absolute atomic E-state index is 12.3. The summed E-state index contributed by atoms with van der Waals surface area (Å²) in [5.41, 5.74) is 2.23. The highest BCUT2D eigenvalue weighted by molar-refractivity contribution is 6.08. The largest absolute Gasteiger partial charge is 0.478 e. The molecule has 2 N–H and O–H groups in total. The van der Waals surface area contributed by atoms with Gasteiger partial charge in [-0.25, -0.2) is 4.79 Å². The minimum Gasteiger partial charge on any atom is -0.478 e. The molecule has 6 nitrogen and oxygen atoms in total. The number of rotatable bonds is 4. The van der Waals surface area contributed by atoms with Crippen molar-refractivity contribution in [1.29, 1.82) is 0 Å². The molecule has 2 aromatic rings. The Labute approximate surface area is 126 Å². The smallest absolute Gasteiger partial charge is 0.337 e. The average Bonchev–Trinajstić information content (AvgIpc) is 2.45. The number of benzene rings is 2. The van der Waals surface area contributed by atoms with E-state index in [1.165, 1.54) is 18.2 Å². The van der Waals surface area contributed by atoms with Gasteiger partial charge in [-0.2, -0.15) is 0 Å². The monoisotopic (exact) mass is 298 g/mol. The van der Waals surface area contributed by atoms with Crippen LogP contribution in [0.4, 0.5) is 11.4 Å². The summed E-state index contributed by atoms with van der Waals surface area (Å²) in [5.74, 6) is -1.65. The van der Waals surface area contributed by atoms with Crippen molar-refractivity contribution in [2.75, 3.05) is 5.32 Å². The minimum absolute atomic E-state index is 0.0359. The van der Waals surface area contributed by atoms with Crippen LogP contribution in [0.25, 0.3) is 0 Å². The summed E-state index contributed by atoms with van der Waals surface area (Å²) in [6.45, 7) is 3.73. The minimum atomic E-state index is -1.20. The van der Waals surface area contributed by atoms with Crippen molar-refractivity contribution < 1.29 is 14.7 Å². The molecule has 0 radical (unpaired) electrons. The molecule has 0 bridgehead atoms. The van der Waals surface area contributed by atoms with Crippen molar-refractivity contribution in [3.8, 4) is 0 Å². The molecule has 0 aliphatic rings. The van der Waals surface area contributed by atoms with Gasteiger partial charge in [0.15, 0.2) is 0 Å². The molecule has 0 aliphatic carbocycles. The molecule has 0 aromatic heterocycles. The van der Waals surface area contributed by atoms with Crippen LogP contribution in [0.2, 0.25) is 0 Å². The predicted octanol–water partition coefficient (Wildman–Crippen LogP) is 3.65. The maximum Gasteiger partial charge on any atom is 0.337 e. The lowest BCUT2D eigenvalue weighted by Gasteiger charge is -2.10. The predicted molar refractivity (Wildman–Crippen MR) is 82.7 cm³/mol. The van der Waals surface area contributed by atoms with Gasteiger partial charge in [0.25, 0.3) is 5.91 Å². The van der Waals surface area contributed by atoms with E-state index in [0.717, 1.165) is 11.1 Å². The molecule has 0 saturated heterocycles. The lowest BCUT2D eigenvalue weighted by atomic mass is 10.1. The van der Waals surface area contributed by atoms with E-state index in [0.29, 0.717) is 5.56 Å². The summed E-state index contributed by atoms with van der Waals surface area (Å²) in [6.07, 6.45) is 0. The third kappa shape index (κ3) is 3.35. The fraction of sp³-hybridized carbons (Fsp3) is 0.125. The van der Waals surface area contributed by atoms with E-state index < -0.39 is 11.9 Å². The van der Waals surface area contributed by atoms with Crippen molar-refractivity contribution in [3.63, 3.8) is 0 Å². The van der Waals surface area contributed by atoms with Crippen LogP contribution < -0.4 is 5.32 Å². The first-order valence-corrected chi connectivity index (χ1v) is 6.51. The molecule has 0 fully saturated rings. The number of carbonyl (C=O) groups excluding carboxylic acids is 1. The number of hydrogen-bond donors (Lipinski definition) is 2. The molecule has 0 spiro atoms. The van der Waals surface area contributed by atoms with Gasteiger partial charge in [0.05, 0.1) is 11.3 Å². The molecular weight excluding hydrogens is 284 g/mol. The Hall–Kier alpha value is -3.02. The zero-order chi connectivity index (χ0) is 16.3. The third-order valence-electron chi connectivity index (χ3n) is 3.07. The average molecular weight is 298 g/mol. The van der Waals surface area contributed by atoms with Crippen LogP contribution in [0, 0.1) is 18.8 Å².